The van der Waals surface area contributed by atoms with E-state index in [1.165, 1.54) is 41.6 Å². The number of nitrogens with zero attached hydrogens (tertiary/aromatic N) is 3. The van der Waals surface area contributed by atoms with Crippen molar-refractivity contribution in [1.82, 2.24) is 4.90 Å². The lowest BCUT2D eigenvalue weighted by Crippen LogP contribution is -2.49. The molecule has 0 aromatic heterocycles. The molecule has 5 heteroatoms. The standard InChI is InChI=1S/C24H27FN3O/c1-26-14-15-28-21-11-13-27(16-20(21)19-4-2-5-22(26)24(19)28)12-3-6-23(29)17-7-9-18(25)10-8-17/h2,4-5,7,9-10,20-21H,3,6,11-16H2,1H3/q+1/t20-,21-/m0/s1. The largest absolute Gasteiger partial charge is 0.371 e. The Morgan fingerprint density at radius 2 is 2.14 bits per heavy atom. The second kappa shape index (κ2) is 7.40. The quantitative estimate of drug-likeness (QED) is 0.716. The van der Waals surface area contributed by atoms with Crippen molar-refractivity contribution in [2.45, 2.75) is 31.2 Å². The summed E-state index contributed by atoms with van der Waals surface area (Å²) in [7, 11) is 2.19. The molecule has 0 saturated carbocycles. The Morgan fingerprint density at radius 1 is 1.24 bits per heavy atom. The van der Waals surface area contributed by atoms with E-state index in [0.29, 0.717) is 24.0 Å². The predicted octanol–water partition coefficient (Wildman–Crippen LogP) is 3.62. The van der Waals surface area contributed by atoms with Crippen LogP contribution >= 0.6 is 0 Å². The minimum absolute atomic E-state index is 0.0517. The van der Waals surface area contributed by atoms with Crippen LogP contribution in [0, 0.1) is 6.08 Å². The third-order valence-corrected chi connectivity index (χ3v) is 6.83. The van der Waals surface area contributed by atoms with Crippen molar-refractivity contribution in [1.29, 1.82) is 0 Å². The molecule has 0 unspecified atom stereocenters. The number of Topliss-reactive ketones (excluding diaryl/α,β-unsaturated/α-hetero) is 1. The number of halogens is 1. The zero-order valence-corrected chi connectivity index (χ0v) is 16.9. The molecule has 3 heterocycles. The van der Waals surface area contributed by atoms with Crippen LogP contribution in [0.2, 0.25) is 0 Å². The lowest BCUT2D eigenvalue weighted by molar-refractivity contribution is -0.115. The number of allylic oxidation sites excluding steroid dienone is 6. The van der Waals surface area contributed by atoms with E-state index in [0.717, 1.165) is 39.1 Å². The SMILES string of the molecule is CN1CCN2c3c(cccc31)[C@@H]1CN(CCCC(=O)C3=[C+]C=C(F)C=C3)CC[C@@H]12. The minimum Gasteiger partial charge on any atom is -0.371 e. The summed E-state index contributed by atoms with van der Waals surface area (Å²) in [4.78, 5) is 19.9. The van der Waals surface area contributed by atoms with Gasteiger partial charge < -0.3 is 14.7 Å². The fourth-order valence-electron chi connectivity index (χ4n) is 5.36. The van der Waals surface area contributed by atoms with Crippen LogP contribution in [0.4, 0.5) is 15.8 Å². The average molecular weight is 392 g/mol. The van der Waals surface area contributed by atoms with Crippen LogP contribution in [0.25, 0.3) is 0 Å². The topological polar surface area (TPSA) is 26.8 Å². The summed E-state index contributed by atoms with van der Waals surface area (Å²) in [6.45, 7) is 5.30. The first kappa shape index (κ1) is 18.5. The van der Waals surface area contributed by atoms with Crippen LogP contribution in [0.15, 0.2) is 47.8 Å². The van der Waals surface area contributed by atoms with Crippen molar-refractivity contribution < 1.29 is 9.18 Å². The maximum Gasteiger partial charge on any atom is 0.252 e. The van der Waals surface area contributed by atoms with Crippen LogP contribution < -0.4 is 9.80 Å². The molecule has 0 bridgehead atoms. The van der Waals surface area contributed by atoms with E-state index < -0.39 is 0 Å². The van der Waals surface area contributed by atoms with Gasteiger partial charge in [0.15, 0.2) is 5.57 Å². The minimum atomic E-state index is -0.353. The number of likely N-dealkylation sites (N-methyl/N-ethyl adjacent to an activating group) is 1. The Bertz CT molecular complexity index is 919. The summed E-state index contributed by atoms with van der Waals surface area (Å²) in [5.41, 5.74) is 4.82. The van der Waals surface area contributed by atoms with Gasteiger partial charge in [0, 0.05) is 63.8 Å². The van der Waals surface area contributed by atoms with Crippen molar-refractivity contribution in [3.05, 3.63) is 59.5 Å². The van der Waals surface area contributed by atoms with E-state index in [1.807, 2.05) is 0 Å². The van der Waals surface area contributed by atoms with Gasteiger partial charge in [-0.1, -0.05) is 12.1 Å². The molecule has 1 saturated heterocycles. The Morgan fingerprint density at radius 3 is 2.97 bits per heavy atom. The number of hydrogen-bond donors (Lipinski definition) is 0. The van der Waals surface area contributed by atoms with Gasteiger partial charge in [-0.15, -0.1) is 4.39 Å². The third-order valence-electron chi connectivity index (χ3n) is 6.83. The molecule has 1 aliphatic carbocycles. The highest BCUT2D eigenvalue weighted by molar-refractivity contribution is 5.98. The predicted molar refractivity (Wildman–Crippen MR) is 114 cm³/mol. The molecule has 3 aliphatic heterocycles. The van der Waals surface area contributed by atoms with Crippen LogP contribution in [0.5, 0.6) is 0 Å². The zero-order chi connectivity index (χ0) is 20.0. The van der Waals surface area contributed by atoms with Crippen molar-refractivity contribution >= 4 is 17.2 Å². The van der Waals surface area contributed by atoms with Gasteiger partial charge in [0.1, 0.15) is 6.08 Å². The van der Waals surface area contributed by atoms with Crippen molar-refractivity contribution in [3.8, 4) is 0 Å². The molecule has 1 aromatic rings. The van der Waals surface area contributed by atoms with Crippen LogP contribution in [-0.4, -0.2) is 56.5 Å². The lowest BCUT2D eigenvalue weighted by Gasteiger charge is -2.41. The fraction of sp³-hybridized carbons (Fsp3) is 0.458. The Hall–Kier alpha value is -2.49. The maximum absolute atomic E-state index is 13.0. The molecule has 0 N–H and O–H groups in total. The number of fused-ring (bicyclic) bond motifs is 3. The van der Waals surface area contributed by atoms with Gasteiger partial charge in [0.05, 0.1) is 17.5 Å². The summed E-state index contributed by atoms with van der Waals surface area (Å²) < 4.78 is 13.0. The van der Waals surface area contributed by atoms with Gasteiger partial charge in [-0.25, -0.2) is 4.79 Å². The van der Waals surface area contributed by atoms with E-state index in [9.17, 15) is 9.18 Å². The number of anilines is 2. The van der Waals surface area contributed by atoms with Gasteiger partial charge in [0.25, 0.3) is 5.78 Å². The van der Waals surface area contributed by atoms with Crippen LogP contribution in [-0.2, 0) is 4.79 Å². The number of rotatable bonds is 5. The summed E-state index contributed by atoms with van der Waals surface area (Å²) >= 11 is 0. The molecular weight excluding hydrogens is 365 g/mol. The normalized spacial score (nSPS) is 25.2. The number of carbonyl (C=O) groups excluding carboxylic acids is 1. The van der Waals surface area contributed by atoms with E-state index in [-0.39, 0.29) is 11.6 Å². The Kier molecular flexibility index (Phi) is 4.73. The van der Waals surface area contributed by atoms with E-state index in [1.54, 1.807) is 0 Å². The number of carbonyl (C=O) groups is 1. The highest BCUT2D eigenvalue weighted by Gasteiger charge is 2.44. The second-order valence-corrected chi connectivity index (χ2v) is 8.54. The molecular formula is C24H27FN3O+. The van der Waals surface area contributed by atoms with E-state index in [2.05, 4.69) is 46.0 Å². The first-order chi connectivity index (χ1) is 14.1. The number of benzene rings is 1. The molecule has 1 aromatic carbocycles. The van der Waals surface area contributed by atoms with Crippen LogP contribution in [0.3, 0.4) is 0 Å². The van der Waals surface area contributed by atoms with Crippen molar-refractivity contribution in [2.75, 3.05) is 49.6 Å². The first-order valence-corrected chi connectivity index (χ1v) is 10.7. The molecule has 0 spiro atoms. The van der Waals surface area contributed by atoms with Crippen molar-refractivity contribution in [3.63, 3.8) is 0 Å². The smallest absolute Gasteiger partial charge is 0.252 e. The Balaban J connectivity index is 1.21. The first-order valence-electron chi connectivity index (χ1n) is 10.7. The molecule has 29 heavy (non-hydrogen) atoms. The summed E-state index contributed by atoms with van der Waals surface area (Å²) in [6.07, 6.45) is 9.35. The summed E-state index contributed by atoms with van der Waals surface area (Å²) in [5.74, 6) is 0.260. The number of hydrogen-bond acceptors (Lipinski definition) is 4. The number of piperidine rings is 1. The monoisotopic (exact) mass is 392 g/mol. The van der Waals surface area contributed by atoms with E-state index >= 15 is 0 Å². The molecule has 2 atom stereocenters. The number of para-hydroxylation sites is 1. The maximum atomic E-state index is 13.0. The fourth-order valence-corrected chi connectivity index (χ4v) is 5.36. The van der Waals surface area contributed by atoms with Crippen molar-refractivity contribution in [2.24, 2.45) is 0 Å². The highest BCUT2D eigenvalue weighted by atomic mass is 19.1. The molecule has 0 radical (unpaired) electrons. The number of ketones is 1. The van der Waals surface area contributed by atoms with Crippen LogP contribution in [0.1, 0.15) is 30.7 Å². The third kappa shape index (κ3) is 3.29. The van der Waals surface area contributed by atoms with Gasteiger partial charge in [-0.3, -0.25) is 0 Å². The second-order valence-electron chi connectivity index (χ2n) is 8.54. The lowest BCUT2D eigenvalue weighted by atomic mass is 9.89. The zero-order valence-electron chi connectivity index (χ0n) is 16.9. The molecule has 150 valence electrons. The molecule has 1 fully saturated rings. The van der Waals surface area contributed by atoms with Gasteiger partial charge in [0.2, 0.25) is 5.83 Å². The molecule has 0 amide bonds. The molecule has 4 aliphatic rings. The summed E-state index contributed by atoms with van der Waals surface area (Å²) in [6, 6.07) is 7.38. The average Bonchev–Trinajstić information content (AvgIpc) is 3.06. The number of likely N-dealkylation sites (tertiary alicyclic amines) is 1. The van der Waals surface area contributed by atoms with Gasteiger partial charge >= 0.3 is 0 Å². The molecule has 4 nitrogen and oxygen atoms in total. The molecule has 5 rings (SSSR count). The highest BCUT2D eigenvalue weighted by Crippen LogP contribution is 2.50. The Labute approximate surface area is 172 Å². The van der Waals surface area contributed by atoms with Gasteiger partial charge in [-0.05, 0) is 31.0 Å². The summed E-state index contributed by atoms with van der Waals surface area (Å²) in [5, 5.41) is 0. The van der Waals surface area contributed by atoms with E-state index in [4.69, 9.17) is 0 Å². The van der Waals surface area contributed by atoms with Gasteiger partial charge in [-0.2, -0.15) is 0 Å².